The highest BCUT2D eigenvalue weighted by atomic mass is 32.1. The lowest BCUT2D eigenvalue weighted by molar-refractivity contribution is -0.134. The Balaban J connectivity index is 1.58. The molecule has 3 aromatic rings. The first kappa shape index (κ1) is 18.7. The van der Waals surface area contributed by atoms with Crippen molar-refractivity contribution in [3.05, 3.63) is 58.4 Å². The standard InChI is InChI=1S/C22H25N3O2S/c1-15-6-4-10-25(14-15)22(27)19(24-21(26)20-9-5-11-28-20)12-16-13-23-18-8-3-2-7-17(16)18/h2-3,5,7-9,11,13,15,19,23H,4,6,10,12,14H2,1H3,(H,24,26)/t15-,19-/m0/s1. The van der Waals surface area contributed by atoms with Crippen LogP contribution in [0, 0.1) is 5.92 Å². The van der Waals surface area contributed by atoms with E-state index in [1.165, 1.54) is 11.3 Å². The fourth-order valence-electron chi connectivity index (χ4n) is 3.97. The predicted octanol–water partition coefficient (Wildman–Crippen LogP) is 3.83. The quantitative estimate of drug-likeness (QED) is 0.690. The molecule has 0 aliphatic carbocycles. The third kappa shape index (κ3) is 3.97. The van der Waals surface area contributed by atoms with Gasteiger partial charge in [0.2, 0.25) is 5.91 Å². The number of aromatic amines is 1. The number of carbonyl (C=O) groups excluding carboxylic acids is 2. The van der Waals surface area contributed by atoms with Crippen molar-refractivity contribution in [2.45, 2.75) is 32.2 Å². The minimum Gasteiger partial charge on any atom is -0.361 e. The van der Waals surface area contributed by atoms with Crippen molar-refractivity contribution in [3.63, 3.8) is 0 Å². The van der Waals surface area contributed by atoms with Crippen molar-refractivity contribution in [2.75, 3.05) is 13.1 Å². The first-order valence-electron chi connectivity index (χ1n) is 9.80. The van der Waals surface area contributed by atoms with Crippen LogP contribution in [0.15, 0.2) is 48.0 Å². The summed E-state index contributed by atoms with van der Waals surface area (Å²) in [4.78, 5) is 31.8. The van der Waals surface area contributed by atoms with Gasteiger partial charge in [-0.2, -0.15) is 0 Å². The molecule has 2 atom stereocenters. The van der Waals surface area contributed by atoms with Gasteiger partial charge >= 0.3 is 0 Å². The summed E-state index contributed by atoms with van der Waals surface area (Å²) in [6.07, 6.45) is 4.59. The maximum absolute atomic E-state index is 13.3. The van der Waals surface area contributed by atoms with Crippen LogP contribution in [0.3, 0.4) is 0 Å². The molecule has 2 aromatic heterocycles. The van der Waals surface area contributed by atoms with Gasteiger partial charge in [-0.05, 0) is 41.8 Å². The number of carbonyl (C=O) groups is 2. The molecular formula is C22H25N3O2S. The number of piperidine rings is 1. The molecule has 28 heavy (non-hydrogen) atoms. The summed E-state index contributed by atoms with van der Waals surface area (Å²) in [7, 11) is 0. The number of aromatic nitrogens is 1. The molecule has 2 N–H and O–H groups in total. The molecule has 4 rings (SSSR count). The molecule has 0 unspecified atom stereocenters. The number of amides is 2. The molecule has 0 radical (unpaired) electrons. The van der Waals surface area contributed by atoms with Gasteiger partial charge in [0.1, 0.15) is 6.04 Å². The summed E-state index contributed by atoms with van der Waals surface area (Å²) < 4.78 is 0. The molecule has 1 aromatic carbocycles. The average Bonchev–Trinajstić information content (AvgIpc) is 3.37. The maximum Gasteiger partial charge on any atom is 0.262 e. The third-order valence-corrected chi connectivity index (χ3v) is 6.28. The number of fused-ring (bicyclic) bond motifs is 1. The lowest BCUT2D eigenvalue weighted by Gasteiger charge is -2.33. The number of H-pyrrole nitrogens is 1. The molecule has 1 fully saturated rings. The fraction of sp³-hybridized carbons (Fsp3) is 0.364. The summed E-state index contributed by atoms with van der Waals surface area (Å²) in [5.74, 6) is 0.333. The van der Waals surface area contributed by atoms with Crippen molar-refractivity contribution >= 4 is 34.1 Å². The summed E-state index contributed by atoms with van der Waals surface area (Å²) in [5.41, 5.74) is 2.09. The second-order valence-corrected chi connectivity index (χ2v) is 8.55. The van der Waals surface area contributed by atoms with Gasteiger partial charge in [0.25, 0.3) is 5.91 Å². The zero-order chi connectivity index (χ0) is 19.5. The lowest BCUT2D eigenvalue weighted by atomic mass is 9.98. The molecule has 1 aliphatic rings. The molecule has 1 aliphatic heterocycles. The highest BCUT2D eigenvalue weighted by molar-refractivity contribution is 7.12. The predicted molar refractivity (Wildman–Crippen MR) is 113 cm³/mol. The second kappa shape index (κ2) is 8.19. The number of para-hydroxylation sites is 1. The van der Waals surface area contributed by atoms with Crippen molar-refractivity contribution in [1.82, 2.24) is 15.2 Å². The van der Waals surface area contributed by atoms with E-state index in [4.69, 9.17) is 0 Å². The van der Waals surface area contributed by atoms with Crippen LogP contribution in [-0.4, -0.2) is 40.8 Å². The number of rotatable bonds is 5. The van der Waals surface area contributed by atoms with E-state index in [0.29, 0.717) is 17.2 Å². The van der Waals surface area contributed by atoms with Gasteiger partial charge in [-0.25, -0.2) is 0 Å². The average molecular weight is 396 g/mol. The summed E-state index contributed by atoms with van der Waals surface area (Å²) >= 11 is 1.39. The zero-order valence-corrected chi connectivity index (χ0v) is 16.8. The van der Waals surface area contributed by atoms with Gasteiger partial charge in [-0.1, -0.05) is 31.2 Å². The van der Waals surface area contributed by atoms with Gasteiger partial charge < -0.3 is 15.2 Å². The Morgan fingerprint density at radius 1 is 1.29 bits per heavy atom. The van der Waals surface area contributed by atoms with Crippen LogP contribution in [-0.2, 0) is 11.2 Å². The van der Waals surface area contributed by atoms with Gasteiger partial charge in [0, 0.05) is 36.6 Å². The largest absolute Gasteiger partial charge is 0.361 e. The minimum atomic E-state index is -0.570. The molecule has 0 bridgehead atoms. The number of thiophene rings is 1. The van der Waals surface area contributed by atoms with Gasteiger partial charge in [-0.15, -0.1) is 11.3 Å². The van der Waals surface area contributed by atoms with Crippen LogP contribution in [0.5, 0.6) is 0 Å². The van der Waals surface area contributed by atoms with Crippen molar-refractivity contribution in [2.24, 2.45) is 5.92 Å². The van der Waals surface area contributed by atoms with E-state index < -0.39 is 6.04 Å². The Morgan fingerprint density at radius 2 is 2.14 bits per heavy atom. The van der Waals surface area contributed by atoms with Gasteiger partial charge in [-0.3, -0.25) is 9.59 Å². The number of nitrogens with one attached hydrogen (secondary N) is 2. The first-order valence-corrected chi connectivity index (χ1v) is 10.7. The summed E-state index contributed by atoms with van der Waals surface area (Å²) in [5, 5.41) is 5.97. The molecular weight excluding hydrogens is 370 g/mol. The molecule has 6 heteroatoms. The lowest BCUT2D eigenvalue weighted by Crippen LogP contribution is -2.52. The number of nitrogens with zero attached hydrogens (tertiary/aromatic N) is 1. The Hall–Kier alpha value is -2.60. The van der Waals surface area contributed by atoms with Crippen molar-refractivity contribution < 1.29 is 9.59 Å². The molecule has 1 saturated heterocycles. The Kier molecular flexibility index (Phi) is 5.48. The molecule has 2 amide bonds. The van der Waals surface area contributed by atoms with E-state index in [2.05, 4.69) is 17.2 Å². The number of benzene rings is 1. The normalized spacial score (nSPS) is 18.2. The van der Waals surface area contributed by atoms with E-state index >= 15 is 0 Å². The van der Waals surface area contributed by atoms with Crippen LogP contribution in [0.4, 0.5) is 0 Å². The number of likely N-dealkylation sites (tertiary alicyclic amines) is 1. The third-order valence-electron chi connectivity index (χ3n) is 5.42. The van der Waals surface area contributed by atoms with Gasteiger partial charge in [0.15, 0.2) is 0 Å². The van der Waals surface area contributed by atoms with Gasteiger partial charge in [0.05, 0.1) is 4.88 Å². The van der Waals surface area contributed by atoms with E-state index in [1.807, 2.05) is 46.8 Å². The molecule has 146 valence electrons. The van der Waals surface area contributed by atoms with E-state index in [9.17, 15) is 9.59 Å². The summed E-state index contributed by atoms with van der Waals surface area (Å²) in [6, 6.07) is 11.1. The molecule has 5 nitrogen and oxygen atoms in total. The Bertz CT molecular complexity index is 963. The number of hydrogen-bond acceptors (Lipinski definition) is 3. The zero-order valence-electron chi connectivity index (χ0n) is 16.0. The topological polar surface area (TPSA) is 65.2 Å². The SMILES string of the molecule is C[C@H]1CCCN(C(=O)[C@H](Cc2c[nH]c3ccccc23)NC(=O)c2cccs2)C1. The van der Waals surface area contributed by atoms with Crippen LogP contribution >= 0.6 is 11.3 Å². The van der Waals surface area contributed by atoms with Crippen LogP contribution in [0.25, 0.3) is 10.9 Å². The number of hydrogen-bond donors (Lipinski definition) is 2. The summed E-state index contributed by atoms with van der Waals surface area (Å²) in [6.45, 7) is 3.71. The molecule has 0 saturated carbocycles. The Morgan fingerprint density at radius 3 is 2.93 bits per heavy atom. The van der Waals surface area contributed by atoms with Crippen molar-refractivity contribution in [1.29, 1.82) is 0 Å². The van der Waals surface area contributed by atoms with Crippen LogP contribution in [0.2, 0.25) is 0 Å². The molecule has 3 heterocycles. The first-order chi connectivity index (χ1) is 13.6. The van der Waals surface area contributed by atoms with E-state index in [-0.39, 0.29) is 11.8 Å². The molecule has 0 spiro atoms. The fourth-order valence-corrected chi connectivity index (χ4v) is 4.59. The van der Waals surface area contributed by atoms with Crippen LogP contribution in [0.1, 0.15) is 35.0 Å². The maximum atomic E-state index is 13.3. The second-order valence-electron chi connectivity index (χ2n) is 7.60. The van der Waals surface area contributed by atoms with E-state index in [1.54, 1.807) is 6.07 Å². The minimum absolute atomic E-state index is 0.0155. The van der Waals surface area contributed by atoms with E-state index in [0.717, 1.165) is 42.4 Å². The van der Waals surface area contributed by atoms with Crippen molar-refractivity contribution in [3.8, 4) is 0 Å². The smallest absolute Gasteiger partial charge is 0.262 e. The highest BCUT2D eigenvalue weighted by Gasteiger charge is 2.30. The Labute approximate surface area is 168 Å². The monoisotopic (exact) mass is 395 g/mol. The highest BCUT2D eigenvalue weighted by Crippen LogP contribution is 2.22. The van der Waals surface area contributed by atoms with Crippen LogP contribution < -0.4 is 5.32 Å².